The van der Waals surface area contributed by atoms with Gasteiger partial charge in [0.2, 0.25) is 0 Å². The third kappa shape index (κ3) is 2.45. The van der Waals surface area contributed by atoms with Crippen LogP contribution in [0.3, 0.4) is 0 Å². The van der Waals surface area contributed by atoms with Gasteiger partial charge >= 0.3 is 5.97 Å². The molecule has 2 heterocycles. The van der Waals surface area contributed by atoms with Crippen molar-refractivity contribution in [1.82, 2.24) is 15.5 Å². The van der Waals surface area contributed by atoms with E-state index in [1.165, 1.54) is 0 Å². The number of nitrogens with zero attached hydrogens (tertiary/aromatic N) is 1. The van der Waals surface area contributed by atoms with Gasteiger partial charge in [-0.2, -0.15) is 5.10 Å². The Morgan fingerprint density at radius 3 is 2.67 bits per heavy atom. The van der Waals surface area contributed by atoms with Crippen LogP contribution in [0.15, 0.2) is 24.3 Å². The lowest BCUT2D eigenvalue weighted by atomic mass is 10.1. The fourth-order valence-electron chi connectivity index (χ4n) is 2.15. The van der Waals surface area contributed by atoms with Gasteiger partial charge in [-0.25, -0.2) is 4.79 Å². The molecular weight excluding hydrogens is 274 g/mol. The molecule has 0 saturated heterocycles. The van der Waals surface area contributed by atoms with Crippen molar-refractivity contribution in [2.24, 2.45) is 0 Å². The molecule has 1 aliphatic rings. The van der Waals surface area contributed by atoms with Crippen molar-refractivity contribution in [3.05, 3.63) is 41.2 Å². The molecule has 1 aromatic heterocycles. The zero-order chi connectivity index (χ0) is 14.8. The summed E-state index contributed by atoms with van der Waals surface area (Å²) in [6, 6.07) is 6.65. The summed E-state index contributed by atoms with van der Waals surface area (Å²) in [5.74, 6) is 0.217. The van der Waals surface area contributed by atoms with Crippen LogP contribution in [0.2, 0.25) is 0 Å². The molecule has 2 N–H and O–H groups in total. The normalized spacial score (nSPS) is 13.3. The predicted octanol–water partition coefficient (Wildman–Crippen LogP) is 0.923. The number of methoxy groups -OCH3 is 1. The molecule has 7 heteroatoms. The number of esters is 1. The fraction of sp³-hybridized carbons (Fsp3) is 0.214. The summed E-state index contributed by atoms with van der Waals surface area (Å²) in [6.07, 6.45) is 0.546. The molecule has 0 bridgehead atoms. The Kier molecular flexibility index (Phi) is 3.31. The van der Waals surface area contributed by atoms with Crippen molar-refractivity contribution in [2.75, 3.05) is 13.7 Å². The first-order valence-corrected chi connectivity index (χ1v) is 6.40. The Morgan fingerprint density at radius 2 is 1.95 bits per heavy atom. The average molecular weight is 287 g/mol. The molecule has 0 unspecified atom stereocenters. The Hall–Kier alpha value is -2.83. The fourth-order valence-corrected chi connectivity index (χ4v) is 2.15. The van der Waals surface area contributed by atoms with Gasteiger partial charge in [-0.15, -0.1) is 0 Å². The maximum atomic E-state index is 12.2. The number of rotatable bonds is 3. The molecule has 0 fully saturated rings. The molecule has 0 spiro atoms. The number of H-pyrrole nitrogens is 1. The van der Waals surface area contributed by atoms with E-state index in [1.54, 1.807) is 31.4 Å². The molecule has 1 aromatic carbocycles. The van der Waals surface area contributed by atoms with E-state index in [9.17, 15) is 9.59 Å². The van der Waals surface area contributed by atoms with Gasteiger partial charge < -0.3 is 14.8 Å². The molecule has 0 atom stereocenters. The minimum atomic E-state index is -0.566. The molecule has 2 aromatic rings. The Bertz CT molecular complexity index is 691. The van der Waals surface area contributed by atoms with Crippen LogP contribution in [-0.4, -0.2) is 35.7 Å². The van der Waals surface area contributed by atoms with Crippen LogP contribution in [0.4, 0.5) is 0 Å². The maximum Gasteiger partial charge on any atom is 0.362 e. The number of hydrogen-bond acceptors (Lipinski definition) is 5. The number of aromatic amines is 1. The van der Waals surface area contributed by atoms with Gasteiger partial charge in [-0.3, -0.25) is 9.89 Å². The lowest BCUT2D eigenvalue weighted by Crippen LogP contribution is -2.32. The van der Waals surface area contributed by atoms with Gasteiger partial charge in [-0.1, -0.05) is 0 Å². The van der Waals surface area contributed by atoms with Crippen LogP contribution in [0.5, 0.6) is 11.5 Å². The van der Waals surface area contributed by atoms with Crippen LogP contribution in [0, 0.1) is 0 Å². The van der Waals surface area contributed by atoms with Gasteiger partial charge in [-0.05, 0) is 30.7 Å². The largest absolute Gasteiger partial charge is 0.497 e. The van der Waals surface area contributed by atoms with Gasteiger partial charge in [0, 0.05) is 12.1 Å². The molecule has 1 amide bonds. The Labute approximate surface area is 120 Å². The van der Waals surface area contributed by atoms with E-state index in [2.05, 4.69) is 15.5 Å². The smallest absolute Gasteiger partial charge is 0.362 e. The lowest BCUT2D eigenvalue weighted by molar-refractivity contribution is 0.0727. The van der Waals surface area contributed by atoms with E-state index in [0.717, 1.165) is 0 Å². The van der Waals surface area contributed by atoms with Gasteiger partial charge in [0.15, 0.2) is 5.69 Å². The molecule has 0 saturated carbocycles. The minimum absolute atomic E-state index is 0.218. The second-order valence-corrected chi connectivity index (χ2v) is 4.50. The quantitative estimate of drug-likeness (QED) is 0.647. The number of nitrogens with one attached hydrogen (secondary N) is 2. The summed E-state index contributed by atoms with van der Waals surface area (Å²) in [6.45, 7) is 0.480. The Morgan fingerprint density at radius 1 is 1.24 bits per heavy atom. The van der Waals surface area contributed by atoms with E-state index in [1.807, 2.05) is 0 Å². The SMILES string of the molecule is COc1ccc(OC(=O)c2[nH]nc3c2CCNC3=O)cc1. The lowest BCUT2D eigenvalue weighted by Gasteiger charge is -2.11. The van der Waals surface area contributed by atoms with E-state index in [-0.39, 0.29) is 17.3 Å². The van der Waals surface area contributed by atoms with Crippen LogP contribution in [-0.2, 0) is 6.42 Å². The highest BCUT2D eigenvalue weighted by Gasteiger charge is 2.27. The van der Waals surface area contributed by atoms with Crippen molar-refractivity contribution in [1.29, 1.82) is 0 Å². The monoisotopic (exact) mass is 287 g/mol. The topological polar surface area (TPSA) is 93.3 Å². The summed E-state index contributed by atoms with van der Waals surface area (Å²) >= 11 is 0. The van der Waals surface area contributed by atoms with E-state index in [4.69, 9.17) is 9.47 Å². The molecule has 108 valence electrons. The first-order chi connectivity index (χ1) is 10.2. The van der Waals surface area contributed by atoms with Crippen molar-refractivity contribution >= 4 is 11.9 Å². The molecule has 1 aliphatic heterocycles. The zero-order valence-corrected chi connectivity index (χ0v) is 11.3. The van der Waals surface area contributed by atoms with Crippen LogP contribution >= 0.6 is 0 Å². The van der Waals surface area contributed by atoms with Crippen molar-refractivity contribution in [3.63, 3.8) is 0 Å². The van der Waals surface area contributed by atoms with Crippen molar-refractivity contribution < 1.29 is 19.1 Å². The van der Waals surface area contributed by atoms with Gasteiger partial charge in [0.25, 0.3) is 5.91 Å². The highest BCUT2D eigenvalue weighted by Crippen LogP contribution is 2.20. The molecule has 3 rings (SSSR count). The number of aromatic nitrogens is 2. The molecule has 21 heavy (non-hydrogen) atoms. The first-order valence-electron chi connectivity index (χ1n) is 6.40. The second kappa shape index (κ2) is 5.28. The summed E-state index contributed by atoms with van der Waals surface area (Å²) in [5.41, 5.74) is 1.07. The molecule has 0 aliphatic carbocycles. The van der Waals surface area contributed by atoms with Crippen molar-refractivity contribution in [3.8, 4) is 11.5 Å². The summed E-state index contributed by atoms with van der Waals surface area (Å²) < 4.78 is 10.3. The maximum absolute atomic E-state index is 12.2. The zero-order valence-electron chi connectivity index (χ0n) is 11.3. The number of hydrogen-bond donors (Lipinski definition) is 2. The van der Waals surface area contributed by atoms with Gasteiger partial charge in [0.1, 0.15) is 17.2 Å². The highest BCUT2D eigenvalue weighted by atomic mass is 16.5. The number of ether oxygens (including phenoxy) is 2. The summed E-state index contributed by atoms with van der Waals surface area (Å²) in [4.78, 5) is 23.7. The predicted molar refractivity (Wildman–Crippen MR) is 72.6 cm³/mol. The van der Waals surface area contributed by atoms with E-state index in [0.29, 0.717) is 30.0 Å². The van der Waals surface area contributed by atoms with E-state index < -0.39 is 5.97 Å². The third-order valence-electron chi connectivity index (χ3n) is 3.22. The van der Waals surface area contributed by atoms with E-state index >= 15 is 0 Å². The number of carbonyl (C=O) groups excluding carboxylic acids is 2. The molecule has 0 radical (unpaired) electrons. The average Bonchev–Trinajstić information content (AvgIpc) is 2.93. The molecular formula is C14H13N3O4. The van der Waals surface area contributed by atoms with Crippen molar-refractivity contribution in [2.45, 2.75) is 6.42 Å². The first kappa shape index (κ1) is 13.2. The molecule has 7 nitrogen and oxygen atoms in total. The minimum Gasteiger partial charge on any atom is -0.497 e. The van der Waals surface area contributed by atoms with Crippen LogP contribution in [0.25, 0.3) is 0 Å². The summed E-state index contributed by atoms with van der Waals surface area (Å²) in [5, 5.41) is 9.11. The van der Waals surface area contributed by atoms with Gasteiger partial charge in [0.05, 0.1) is 7.11 Å². The third-order valence-corrected chi connectivity index (χ3v) is 3.22. The Balaban J connectivity index is 1.81. The highest BCUT2D eigenvalue weighted by molar-refractivity contribution is 5.99. The number of benzene rings is 1. The summed E-state index contributed by atoms with van der Waals surface area (Å²) in [7, 11) is 1.56. The van der Waals surface area contributed by atoms with Crippen LogP contribution < -0.4 is 14.8 Å². The van der Waals surface area contributed by atoms with Crippen LogP contribution in [0.1, 0.15) is 26.5 Å². The number of amides is 1. The standard InChI is InChI=1S/C14H13N3O4/c1-20-8-2-4-9(5-3-8)21-14(19)12-10-6-7-15-13(18)11(10)16-17-12/h2-5H,6-7H2,1H3,(H,15,18)(H,16,17). The second-order valence-electron chi connectivity index (χ2n) is 4.50. The number of carbonyl (C=O) groups is 2. The number of fused-ring (bicyclic) bond motifs is 1.